The van der Waals surface area contributed by atoms with Gasteiger partial charge in [0.05, 0.1) is 4.92 Å². The number of nitrogens with zero attached hydrogens (tertiary/aromatic N) is 1. The average Bonchev–Trinajstić information content (AvgIpc) is 2.82. The molecule has 8 nitrogen and oxygen atoms in total. The predicted molar refractivity (Wildman–Crippen MR) is 123 cm³/mol. The van der Waals surface area contributed by atoms with Crippen molar-refractivity contribution in [3.8, 4) is 0 Å². The third-order valence-electron chi connectivity index (χ3n) is 5.10. The van der Waals surface area contributed by atoms with Crippen LogP contribution in [-0.4, -0.2) is 24.2 Å². The van der Waals surface area contributed by atoms with Gasteiger partial charge in [-0.2, -0.15) is 0 Å². The second kappa shape index (κ2) is 9.81. The van der Waals surface area contributed by atoms with E-state index in [4.69, 9.17) is 20.6 Å². The average molecular weight is 477 g/mol. The second-order valence-electron chi connectivity index (χ2n) is 6.88. The van der Waals surface area contributed by atoms with Crippen molar-refractivity contribution in [1.29, 1.82) is 0 Å². The fourth-order valence-electron chi connectivity index (χ4n) is 3.54. The highest BCUT2D eigenvalue weighted by atomic mass is 35.5. The molecular weight excluding hydrogens is 455 g/mol. The molecule has 3 aromatic carbocycles. The minimum absolute atomic E-state index is 0.143. The molecule has 2 N–H and O–H groups in total. The van der Waals surface area contributed by atoms with Gasteiger partial charge in [-0.1, -0.05) is 48.0 Å². The Bertz CT molecular complexity index is 1120. The lowest BCUT2D eigenvalue weighted by Gasteiger charge is -2.43. The maximum absolute atomic E-state index is 14.0. The number of nitro groups is 1. The van der Waals surface area contributed by atoms with E-state index in [-0.39, 0.29) is 11.3 Å². The highest BCUT2D eigenvalue weighted by Gasteiger charge is 2.57. The summed E-state index contributed by atoms with van der Waals surface area (Å²) in [5, 5.41) is 24.5. The summed E-state index contributed by atoms with van der Waals surface area (Å²) in [6, 6.07) is 20.6. The minimum Gasteiger partial charge on any atom is -0.385 e. The third-order valence-corrected chi connectivity index (χ3v) is 7.78. The Morgan fingerprint density at radius 3 is 2.19 bits per heavy atom. The van der Waals surface area contributed by atoms with Crippen molar-refractivity contribution in [2.24, 2.45) is 0 Å². The zero-order valence-electron chi connectivity index (χ0n) is 17.3. The van der Waals surface area contributed by atoms with E-state index in [1.165, 1.54) is 38.5 Å². The Labute approximate surface area is 190 Å². The Morgan fingerprint density at radius 1 is 1.03 bits per heavy atom. The van der Waals surface area contributed by atoms with Gasteiger partial charge in [-0.3, -0.25) is 14.7 Å². The highest BCUT2D eigenvalue weighted by molar-refractivity contribution is 7.55. The summed E-state index contributed by atoms with van der Waals surface area (Å²) in [4.78, 5) is 10.5. The van der Waals surface area contributed by atoms with E-state index in [2.05, 4.69) is 5.32 Å². The lowest BCUT2D eigenvalue weighted by molar-refractivity contribution is -0.384. The zero-order chi connectivity index (χ0) is 23.4. The quantitative estimate of drug-likeness (QED) is 0.230. The van der Waals surface area contributed by atoms with Gasteiger partial charge in [0.2, 0.25) is 0 Å². The highest BCUT2D eigenvalue weighted by Crippen LogP contribution is 2.68. The number of nitro benzene ring substituents is 1. The van der Waals surface area contributed by atoms with Gasteiger partial charge in [0.25, 0.3) is 5.69 Å². The maximum atomic E-state index is 14.0. The molecule has 168 valence electrons. The Hall–Kier alpha value is -2.74. The number of aliphatic hydroxyl groups excluding tert-OH is 1. The first-order valence-electron chi connectivity index (χ1n) is 9.50. The van der Waals surface area contributed by atoms with E-state index >= 15 is 0 Å². The zero-order valence-corrected chi connectivity index (χ0v) is 19.0. The summed E-state index contributed by atoms with van der Waals surface area (Å²) < 4.78 is 24.8. The maximum Gasteiger partial charge on any atom is 0.362 e. The molecule has 0 saturated heterocycles. The fourth-order valence-corrected chi connectivity index (χ4v) is 5.63. The van der Waals surface area contributed by atoms with Gasteiger partial charge in [-0.15, -0.1) is 0 Å². The summed E-state index contributed by atoms with van der Waals surface area (Å²) in [6.07, 6.45) is -1.50. The lowest BCUT2D eigenvalue weighted by Crippen LogP contribution is -2.42. The first-order chi connectivity index (χ1) is 15.3. The van der Waals surface area contributed by atoms with Crippen LogP contribution in [0.25, 0.3) is 0 Å². The van der Waals surface area contributed by atoms with Crippen molar-refractivity contribution in [3.05, 3.63) is 105 Å². The van der Waals surface area contributed by atoms with Crippen LogP contribution in [0.2, 0.25) is 5.02 Å². The van der Waals surface area contributed by atoms with Gasteiger partial charge in [0.1, 0.15) is 6.10 Å². The van der Waals surface area contributed by atoms with Crippen LogP contribution in [0.15, 0.2) is 78.9 Å². The molecule has 0 aliphatic heterocycles. The van der Waals surface area contributed by atoms with Gasteiger partial charge < -0.3 is 19.5 Å². The van der Waals surface area contributed by atoms with Crippen LogP contribution in [0.3, 0.4) is 0 Å². The SMILES string of the molecule is COP(=O)(OC)C(Nc1cccc(Cl)c1)(c1ccccc1)C(O)c1ccc([N+](=O)[O-])cc1. The number of aliphatic hydroxyl groups is 1. The molecule has 2 atom stereocenters. The number of benzene rings is 3. The number of non-ortho nitro benzene ring substituents is 1. The van der Waals surface area contributed by atoms with Crippen LogP contribution in [0, 0.1) is 10.1 Å². The molecule has 0 heterocycles. The number of hydrogen-bond donors (Lipinski definition) is 2. The number of hydrogen-bond acceptors (Lipinski definition) is 7. The standard InChI is InChI=1S/C22H22ClN2O6P/c1-30-32(29,31-2)22(17-7-4-3-5-8-17,24-19-10-6-9-18(23)15-19)21(26)16-11-13-20(14-12-16)25(27)28/h3-15,21,24,26H,1-2H3. The molecule has 2 unspecified atom stereocenters. The molecule has 0 aliphatic rings. The van der Waals surface area contributed by atoms with Crippen LogP contribution in [0.5, 0.6) is 0 Å². The van der Waals surface area contributed by atoms with Crippen molar-refractivity contribution >= 4 is 30.6 Å². The van der Waals surface area contributed by atoms with Gasteiger partial charge in [-0.25, -0.2) is 0 Å². The number of halogens is 1. The number of nitrogens with one attached hydrogen (secondary N) is 1. The first-order valence-corrected chi connectivity index (χ1v) is 11.4. The molecule has 0 bridgehead atoms. The molecule has 0 saturated carbocycles. The fraction of sp³-hybridized carbons (Fsp3) is 0.182. The Kier molecular flexibility index (Phi) is 7.33. The topological polar surface area (TPSA) is 111 Å². The van der Waals surface area contributed by atoms with Gasteiger partial charge in [0, 0.05) is 37.1 Å². The van der Waals surface area contributed by atoms with E-state index in [1.807, 2.05) is 0 Å². The predicted octanol–water partition coefficient (Wildman–Crippen LogP) is 5.73. The molecule has 3 aromatic rings. The van der Waals surface area contributed by atoms with Crippen molar-refractivity contribution in [1.82, 2.24) is 0 Å². The van der Waals surface area contributed by atoms with Gasteiger partial charge in [-0.05, 0) is 41.5 Å². The summed E-state index contributed by atoms with van der Waals surface area (Å²) in [7, 11) is -1.66. The Balaban J connectivity index is 2.28. The van der Waals surface area contributed by atoms with Crippen LogP contribution in [-0.2, 0) is 18.9 Å². The van der Waals surface area contributed by atoms with Crippen molar-refractivity contribution in [2.45, 2.75) is 11.4 Å². The monoisotopic (exact) mass is 476 g/mol. The van der Waals surface area contributed by atoms with Crippen molar-refractivity contribution in [2.75, 3.05) is 19.5 Å². The summed E-state index contributed by atoms with van der Waals surface area (Å²) in [5.41, 5.74) is 0.994. The molecule has 0 radical (unpaired) electrons. The molecule has 3 rings (SSSR count). The van der Waals surface area contributed by atoms with E-state index < -0.39 is 23.9 Å². The van der Waals surface area contributed by atoms with Crippen molar-refractivity contribution in [3.63, 3.8) is 0 Å². The number of anilines is 1. The Morgan fingerprint density at radius 2 is 1.66 bits per heavy atom. The van der Waals surface area contributed by atoms with Crippen LogP contribution in [0.1, 0.15) is 17.2 Å². The largest absolute Gasteiger partial charge is 0.385 e. The second-order valence-corrected chi connectivity index (χ2v) is 9.75. The van der Waals surface area contributed by atoms with Gasteiger partial charge in [0.15, 0.2) is 5.28 Å². The summed E-state index contributed by atoms with van der Waals surface area (Å²) in [6.45, 7) is 0. The van der Waals surface area contributed by atoms with E-state index in [1.54, 1.807) is 54.6 Å². The molecule has 0 aromatic heterocycles. The molecule has 0 spiro atoms. The molecule has 0 aliphatic carbocycles. The smallest absolute Gasteiger partial charge is 0.362 e. The molecule has 10 heteroatoms. The van der Waals surface area contributed by atoms with Crippen molar-refractivity contribution < 1.29 is 23.6 Å². The van der Waals surface area contributed by atoms with E-state index in [9.17, 15) is 19.8 Å². The molecule has 32 heavy (non-hydrogen) atoms. The van der Waals surface area contributed by atoms with E-state index in [0.29, 0.717) is 16.3 Å². The molecular formula is C22H22ClN2O6P. The minimum atomic E-state index is -4.12. The molecule has 0 fully saturated rings. The van der Waals surface area contributed by atoms with Gasteiger partial charge >= 0.3 is 7.60 Å². The normalized spacial score (nSPS) is 14.4. The summed E-state index contributed by atoms with van der Waals surface area (Å²) >= 11 is 6.15. The van der Waals surface area contributed by atoms with Crippen LogP contribution in [0.4, 0.5) is 11.4 Å². The molecule has 0 amide bonds. The summed E-state index contributed by atoms with van der Waals surface area (Å²) in [5.74, 6) is 0. The third kappa shape index (κ3) is 4.41. The first kappa shape index (κ1) is 23.9. The van der Waals surface area contributed by atoms with Crippen LogP contribution < -0.4 is 5.32 Å². The van der Waals surface area contributed by atoms with E-state index in [0.717, 1.165) is 0 Å². The number of rotatable bonds is 9. The van der Waals surface area contributed by atoms with Crippen LogP contribution >= 0.6 is 19.2 Å². The lowest BCUT2D eigenvalue weighted by atomic mass is 9.94.